The van der Waals surface area contributed by atoms with Gasteiger partial charge in [-0.25, -0.2) is 16.8 Å². The maximum absolute atomic E-state index is 12.7. The van der Waals surface area contributed by atoms with Crippen LogP contribution in [0.3, 0.4) is 0 Å². The molecule has 3 aromatic carbocycles. The Morgan fingerprint density at radius 3 is 0.964 bits per heavy atom. The molecule has 0 fully saturated rings. The van der Waals surface area contributed by atoms with Crippen LogP contribution in [0.15, 0.2) is 78.1 Å². The number of unbranched alkanes of at least 4 members (excludes halogenated alkanes) is 28. The summed E-state index contributed by atoms with van der Waals surface area (Å²) >= 11 is 0. The number of nitro benzene ring substituents is 2. The number of nitrogens with one attached hydrogen (secondary N) is 2. The van der Waals surface area contributed by atoms with E-state index in [0.717, 1.165) is 36.4 Å². The summed E-state index contributed by atoms with van der Waals surface area (Å²) in [6.45, 7) is 14.7. The minimum Gasteiger partial charge on any atom is -0.744 e. The third-order valence-corrected chi connectivity index (χ3v) is 16.8. The Morgan fingerprint density at radius 2 is 0.690 bits per heavy atom. The van der Waals surface area contributed by atoms with Gasteiger partial charge in [0, 0.05) is 24.3 Å². The molecule has 0 amide bonds. The maximum Gasteiger partial charge on any atom is 0.270 e. The van der Waals surface area contributed by atoms with Crippen molar-refractivity contribution >= 4 is 43.0 Å². The van der Waals surface area contributed by atoms with E-state index in [9.17, 15) is 55.8 Å². The number of hydrogen-bond donors (Lipinski definition) is 2. The second-order valence-corrected chi connectivity index (χ2v) is 26.4. The molecule has 0 aromatic heterocycles. The molecule has 0 unspecified atom stereocenters. The molecule has 0 aliphatic rings. The van der Waals surface area contributed by atoms with Gasteiger partial charge in [0.2, 0.25) is 10.9 Å². The van der Waals surface area contributed by atoms with E-state index in [-0.39, 0.29) is 0 Å². The van der Waals surface area contributed by atoms with Gasteiger partial charge < -0.3 is 18.1 Å². The molecule has 0 heterocycles. The highest BCUT2D eigenvalue weighted by Crippen LogP contribution is 2.28. The lowest BCUT2D eigenvalue weighted by atomic mass is 10.1. The summed E-state index contributed by atoms with van der Waals surface area (Å²) in [6, 6.07) is 5.90. The van der Waals surface area contributed by atoms with Gasteiger partial charge in [-0.3, -0.25) is 40.7 Å². The van der Waals surface area contributed by atoms with E-state index in [2.05, 4.69) is 71.5 Å². The summed E-state index contributed by atoms with van der Waals surface area (Å²) in [7, 11) is -0.766. The highest BCUT2D eigenvalue weighted by Gasteiger charge is 2.19. The van der Waals surface area contributed by atoms with Gasteiger partial charge in [-0.05, 0) is 75.6 Å². The second kappa shape index (κ2) is 43.6. The van der Waals surface area contributed by atoms with Crippen molar-refractivity contribution in [2.24, 2.45) is 10.2 Å². The molecule has 0 radical (unpaired) electrons. The molecular weight excluding hydrogens is 1110 g/mol. The van der Waals surface area contributed by atoms with E-state index >= 15 is 0 Å². The van der Waals surface area contributed by atoms with Crippen molar-refractivity contribution in [3.63, 3.8) is 0 Å². The zero-order valence-corrected chi connectivity index (χ0v) is 54.1. The number of hydrogen-bond acceptors (Lipinski definition) is 16. The molecule has 0 saturated heterocycles. The number of anilines is 2. The van der Waals surface area contributed by atoms with Crippen LogP contribution in [0.5, 0.6) is 0 Å². The van der Waals surface area contributed by atoms with Crippen LogP contribution < -0.4 is 32.4 Å². The molecule has 20 nitrogen and oxygen atoms in total. The van der Waals surface area contributed by atoms with E-state index in [4.69, 9.17) is 0 Å². The van der Waals surface area contributed by atoms with Gasteiger partial charge in [-0.15, -0.1) is 0 Å². The van der Waals surface area contributed by atoms with Crippen LogP contribution in [0.1, 0.15) is 233 Å². The Bertz CT molecular complexity index is 2710. The van der Waals surface area contributed by atoms with Crippen molar-refractivity contribution in [1.82, 2.24) is 0 Å². The van der Waals surface area contributed by atoms with Crippen LogP contribution in [0.4, 0.5) is 22.7 Å². The van der Waals surface area contributed by atoms with Gasteiger partial charge in [0.05, 0.1) is 85.4 Å². The number of benzene rings is 3. The molecule has 0 aliphatic heterocycles. The Kier molecular flexibility index (Phi) is 40.0. The number of rotatable bonds is 44. The first kappa shape index (κ1) is 77.0. The quantitative estimate of drug-likeness (QED) is 0.0175. The SMILES string of the molecule is CCCCCCCCCC[N+](C)(C)CCCCCCCCCC.CCCCCCCCCC[N+](C)(C)CCCCCCCCCC.O=c1cc/c(=N\Nc2ccc([N+](=O)[O-])cc2S(=O)(=O)[O-])c(=O)c1=NNc1ccc([N+](=O)[O-])cc1S(=O)(=O)[O-]. The standard InChI is InChI=1S/2C22H48N.C18H12N6O12S2/c2*1-5-7-9-11-13-15-17-19-21-23(3,4)22-20-18-16-14-12-10-8-6-2;25-14-6-5-13(21-19-11-3-1-9(23(27)28)7-15(11)37(31,32)33)18(26)17(14)22-20-12-4-2-10(24(29)30)8-16(12)38(34,35)36/h2*5-22H2,1-4H3;1-8,19-20H,(H,31,32,33)(H,34,35,36)/q2*+1;/p-2/b;;21-13+,22-17?. The van der Waals surface area contributed by atoms with E-state index in [0.29, 0.717) is 12.1 Å². The summed E-state index contributed by atoms with van der Waals surface area (Å²) in [6.07, 6.45) is 46.1. The maximum atomic E-state index is 12.7. The normalized spacial score (nSPS) is 12.4. The van der Waals surface area contributed by atoms with Crippen LogP contribution in [0, 0.1) is 20.2 Å². The van der Waals surface area contributed by atoms with Crippen molar-refractivity contribution in [3.8, 4) is 0 Å². The average molecular weight is 1220 g/mol. The van der Waals surface area contributed by atoms with Gasteiger partial charge in [0.25, 0.3) is 11.4 Å². The molecule has 478 valence electrons. The first-order chi connectivity index (χ1) is 39.8. The van der Waals surface area contributed by atoms with Gasteiger partial charge in [-0.1, -0.05) is 182 Å². The lowest BCUT2D eigenvalue weighted by molar-refractivity contribution is -0.890. The fraction of sp³-hybridized carbons (Fsp3) is 0.710. The average Bonchev–Trinajstić information content (AvgIpc) is 2.59. The molecule has 3 rings (SSSR count). The number of nitro groups is 2. The first-order valence-electron chi connectivity index (χ1n) is 31.4. The third kappa shape index (κ3) is 35.5. The summed E-state index contributed by atoms with van der Waals surface area (Å²) in [4.78, 5) is 42.5. The van der Waals surface area contributed by atoms with Gasteiger partial charge in [0.15, 0.2) is 5.36 Å². The lowest BCUT2D eigenvalue weighted by Gasteiger charge is -2.30. The molecule has 0 spiro atoms. The van der Waals surface area contributed by atoms with Crippen LogP contribution >= 0.6 is 0 Å². The zero-order valence-electron chi connectivity index (χ0n) is 52.5. The first-order valence-corrected chi connectivity index (χ1v) is 34.2. The number of nitrogens with zero attached hydrogens (tertiary/aromatic N) is 6. The van der Waals surface area contributed by atoms with E-state index in [1.54, 1.807) is 0 Å². The van der Waals surface area contributed by atoms with Crippen LogP contribution in [-0.4, -0.2) is 99.1 Å². The van der Waals surface area contributed by atoms with Crippen LogP contribution in [0.25, 0.3) is 0 Å². The van der Waals surface area contributed by atoms with Crippen molar-refractivity contribution in [2.75, 3.05) is 65.2 Å². The third-order valence-electron chi connectivity index (χ3n) is 15.0. The summed E-state index contributed by atoms with van der Waals surface area (Å²) in [5.41, 5.74) is -0.703. The summed E-state index contributed by atoms with van der Waals surface area (Å²) < 4.78 is 71.4. The molecule has 3 aromatic rings. The molecule has 2 N–H and O–H groups in total. The molecule has 0 atom stereocenters. The minimum absolute atomic E-state index is 0.442. The van der Waals surface area contributed by atoms with Crippen molar-refractivity contribution < 1.29 is 44.8 Å². The Morgan fingerprint density at radius 1 is 0.417 bits per heavy atom. The van der Waals surface area contributed by atoms with Crippen LogP contribution in [-0.2, 0) is 20.2 Å². The van der Waals surface area contributed by atoms with E-state index in [1.807, 2.05) is 5.43 Å². The predicted molar refractivity (Wildman–Crippen MR) is 336 cm³/mol. The Balaban J connectivity index is 0.000000668. The fourth-order valence-corrected chi connectivity index (χ4v) is 11.0. The smallest absolute Gasteiger partial charge is 0.270 e. The van der Waals surface area contributed by atoms with Gasteiger partial charge in [0.1, 0.15) is 25.6 Å². The van der Waals surface area contributed by atoms with Gasteiger partial charge in [-0.2, -0.15) is 10.2 Å². The Hall–Kier alpha value is -5.00. The fourth-order valence-electron chi connectivity index (χ4n) is 9.74. The van der Waals surface area contributed by atoms with E-state index < -0.39 is 84.2 Å². The molecule has 84 heavy (non-hydrogen) atoms. The van der Waals surface area contributed by atoms with Crippen molar-refractivity contribution in [2.45, 2.75) is 243 Å². The van der Waals surface area contributed by atoms with Crippen LogP contribution in [0.2, 0.25) is 0 Å². The summed E-state index contributed by atoms with van der Waals surface area (Å²) in [5.74, 6) is 0. The molecule has 22 heteroatoms. The van der Waals surface area contributed by atoms with Crippen molar-refractivity contribution in [3.05, 3.63) is 99.9 Å². The molecule has 0 saturated carbocycles. The predicted octanol–water partition coefficient (Wildman–Crippen LogP) is 13.5. The van der Waals surface area contributed by atoms with Gasteiger partial charge >= 0.3 is 0 Å². The van der Waals surface area contributed by atoms with Crippen molar-refractivity contribution in [1.29, 1.82) is 0 Å². The number of quaternary nitrogens is 2. The monoisotopic (exact) mass is 1220 g/mol. The molecular formula is C62H106N8O12S2. The lowest BCUT2D eigenvalue weighted by Crippen LogP contribution is -2.48. The second-order valence-electron chi connectivity index (χ2n) is 23.7. The highest BCUT2D eigenvalue weighted by molar-refractivity contribution is 7.86. The number of non-ortho nitro benzene ring substituents is 2. The highest BCUT2D eigenvalue weighted by atomic mass is 32.2. The zero-order chi connectivity index (χ0) is 62.9. The Labute approximate surface area is 503 Å². The summed E-state index contributed by atoms with van der Waals surface area (Å²) in [5, 5.41) is 27.3. The largest absolute Gasteiger partial charge is 0.744 e. The van der Waals surface area contributed by atoms with E-state index in [1.165, 1.54) is 241 Å². The molecule has 0 aliphatic carbocycles. The minimum atomic E-state index is -5.26. The molecule has 0 bridgehead atoms. The topological polar surface area (TPSA) is 284 Å².